The second-order valence-corrected chi connectivity index (χ2v) is 6.13. The molecule has 0 radical (unpaired) electrons. The lowest BCUT2D eigenvalue weighted by atomic mass is 10.3. The molecular formula is C17H16FN3OS. The van der Waals surface area contributed by atoms with E-state index < -0.39 is 0 Å². The summed E-state index contributed by atoms with van der Waals surface area (Å²) >= 11 is 1.72. The van der Waals surface area contributed by atoms with E-state index >= 15 is 0 Å². The maximum atomic E-state index is 12.9. The lowest BCUT2D eigenvalue weighted by Gasteiger charge is -2.17. The number of hydrogen-bond acceptors (Lipinski definition) is 5. The summed E-state index contributed by atoms with van der Waals surface area (Å²) in [6.45, 7) is 2.83. The van der Waals surface area contributed by atoms with Crippen molar-refractivity contribution in [2.75, 3.05) is 11.9 Å². The Kier molecular flexibility index (Phi) is 4.52. The third kappa shape index (κ3) is 3.84. The Bertz CT molecular complexity index is 789. The molecule has 0 aliphatic heterocycles. The number of ether oxygens (including phenoxy) is 1. The molecule has 0 saturated heterocycles. The van der Waals surface area contributed by atoms with E-state index in [1.807, 2.05) is 11.9 Å². The van der Waals surface area contributed by atoms with Crippen molar-refractivity contribution in [1.29, 1.82) is 0 Å². The van der Waals surface area contributed by atoms with E-state index in [4.69, 9.17) is 4.74 Å². The molecule has 0 atom stereocenters. The standard InChI is InChI=1S/C17H16FN3OS/c1-12-8-10-23-15(12)11-21(2)17-19-9-7-16(20-17)22-14-5-3-13(18)4-6-14/h3-10H,11H2,1-2H3. The highest BCUT2D eigenvalue weighted by molar-refractivity contribution is 7.10. The Morgan fingerprint density at radius 1 is 1.17 bits per heavy atom. The largest absolute Gasteiger partial charge is 0.439 e. The topological polar surface area (TPSA) is 38.2 Å². The quantitative estimate of drug-likeness (QED) is 0.695. The maximum absolute atomic E-state index is 12.9. The van der Waals surface area contributed by atoms with Gasteiger partial charge >= 0.3 is 0 Å². The van der Waals surface area contributed by atoms with Crippen molar-refractivity contribution in [3.63, 3.8) is 0 Å². The van der Waals surface area contributed by atoms with Crippen molar-refractivity contribution >= 4 is 17.3 Å². The van der Waals surface area contributed by atoms with Crippen LogP contribution < -0.4 is 9.64 Å². The molecule has 6 heteroatoms. The zero-order valence-electron chi connectivity index (χ0n) is 12.9. The number of nitrogens with zero attached hydrogens (tertiary/aromatic N) is 3. The Morgan fingerprint density at radius 3 is 2.65 bits per heavy atom. The molecule has 4 nitrogen and oxygen atoms in total. The predicted octanol–water partition coefficient (Wildman–Crippen LogP) is 4.41. The summed E-state index contributed by atoms with van der Waals surface area (Å²) < 4.78 is 18.6. The molecule has 3 rings (SSSR count). The van der Waals surface area contributed by atoms with E-state index in [-0.39, 0.29) is 5.82 Å². The molecule has 2 aromatic heterocycles. The number of anilines is 1. The minimum atomic E-state index is -0.299. The van der Waals surface area contributed by atoms with Gasteiger partial charge in [-0.15, -0.1) is 11.3 Å². The van der Waals surface area contributed by atoms with E-state index in [2.05, 4.69) is 28.3 Å². The van der Waals surface area contributed by atoms with Gasteiger partial charge in [-0.2, -0.15) is 4.98 Å². The van der Waals surface area contributed by atoms with Gasteiger partial charge in [0.1, 0.15) is 11.6 Å². The summed E-state index contributed by atoms with van der Waals surface area (Å²) in [7, 11) is 1.94. The average molecular weight is 329 g/mol. The van der Waals surface area contributed by atoms with E-state index in [9.17, 15) is 4.39 Å². The minimum Gasteiger partial charge on any atom is -0.439 e. The highest BCUT2D eigenvalue weighted by atomic mass is 32.1. The number of aryl methyl sites for hydroxylation is 1. The smallest absolute Gasteiger partial charge is 0.228 e. The van der Waals surface area contributed by atoms with Crippen LogP contribution in [0.1, 0.15) is 10.4 Å². The van der Waals surface area contributed by atoms with Crippen molar-refractivity contribution in [1.82, 2.24) is 9.97 Å². The third-order valence-electron chi connectivity index (χ3n) is 3.34. The molecule has 0 N–H and O–H groups in total. The molecule has 23 heavy (non-hydrogen) atoms. The Hall–Kier alpha value is -2.47. The van der Waals surface area contributed by atoms with Crippen molar-refractivity contribution in [3.8, 4) is 11.6 Å². The van der Waals surface area contributed by atoms with Gasteiger partial charge in [0.05, 0.1) is 6.54 Å². The van der Waals surface area contributed by atoms with Gasteiger partial charge in [-0.05, 0) is 48.2 Å². The first-order valence-corrected chi connectivity index (χ1v) is 8.00. The molecule has 1 aromatic carbocycles. The van der Waals surface area contributed by atoms with Gasteiger partial charge in [-0.25, -0.2) is 9.37 Å². The molecule has 118 valence electrons. The van der Waals surface area contributed by atoms with E-state index in [1.165, 1.54) is 22.6 Å². The van der Waals surface area contributed by atoms with E-state index in [1.54, 1.807) is 35.7 Å². The number of halogens is 1. The molecule has 0 bridgehead atoms. The van der Waals surface area contributed by atoms with Crippen LogP contribution in [0.25, 0.3) is 0 Å². The molecule has 3 aromatic rings. The zero-order chi connectivity index (χ0) is 16.2. The number of aromatic nitrogens is 2. The molecule has 0 unspecified atom stereocenters. The number of rotatable bonds is 5. The highest BCUT2D eigenvalue weighted by Crippen LogP contribution is 2.23. The first kappa shape index (κ1) is 15.4. The van der Waals surface area contributed by atoms with Crippen LogP contribution in [0.15, 0.2) is 48.0 Å². The molecule has 0 saturated carbocycles. The van der Waals surface area contributed by atoms with Crippen LogP contribution in [0.2, 0.25) is 0 Å². The fraction of sp³-hybridized carbons (Fsp3) is 0.176. The van der Waals surface area contributed by atoms with Gasteiger partial charge in [-0.3, -0.25) is 0 Å². The van der Waals surface area contributed by atoms with Gasteiger partial charge < -0.3 is 9.64 Å². The Balaban J connectivity index is 1.74. The van der Waals surface area contributed by atoms with Gasteiger partial charge in [0.15, 0.2) is 0 Å². The minimum absolute atomic E-state index is 0.299. The van der Waals surface area contributed by atoms with Crippen molar-refractivity contribution < 1.29 is 9.13 Å². The van der Waals surface area contributed by atoms with Crippen LogP contribution in [0.3, 0.4) is 0 Å². The summed E-state index contributed by atoms with van der Waals surface area (Å²) in [5.74, 6) is 1.24. The zero-order valence-corrected chi connectivity index (χ0v) is 13.7. The Morgan fingerprint density at radius 2 is 1.96 bits per heavy atom. The summed E-state index contributed by atoms with van der Waals surface area (Å²) in [6.07, 6.45) is 1.65. The third-order valence-corrected chi connectivity index (χ3v) is 4.35. The van der Waals surface area contributed by atoms with Gasteiger partial charge in [-0.1, -0.05) is 0 Å². The van der Waals surface area contributed by atoms with Crippen LogP contribution in [0, 0.1) is 12.7 Å². The van der Waals surface area contributed by atoms with E-state index in [0.29, 0.717) is 17.6 Å². The summed E-state index contributed by atoms with van der Waals surface area (Å²) in [6, 6.07) is 9.61. The van der Waals surface area contributed by atoms with Crippen molar-refractivity contribution in [2.24, 2.45) is 0 Å². The molecule has 0 spiro atoms. The van der Waals surface area contributed by atoms with Crippen LogP contribution in [-0.2, 0) is 6.54 Å². The summed E-state index contributed by atoms with van der Waals surface area (Å²) in [5, 5.41) is 2.08. The summed E-state index contributed by atoms with van der Waals surface area (Å²) in [4.78, 5) is 11.9. The molecule has 2 heterocycles. The fourth-order valence-electron chi connectivity index (χ4n) is 2.05. The van der Waals surface area contributed by atoms with Gasteiger partial charge in [0, 0.05) is 24.2 Å². The van der Waals surface area contributed by atoms with Gasteiger partial charge in [0.25, 0.3) is 0 Å². The van der Waals surface area contributed by atoms with Crippen LogP contribution in [-0.4, -0.2) is 17.0 Å². The first-order chi connectivity index (χ1) is 11.1. The molecule has 0 fully saturated rings. The lowest BCUT2D eigenvalue weighted by Crippen LogP contribution is -2.18. The second kappa shape index (κ2) is 6.75. The van der Waals surface area contributed by atoms with E-state index in [0.717, 1.165) is 6.54 Å². The van der Waals surface area contributed by atoms with Crippen molar-refractivity contribution in [2.45, 2.75) is 13.5 Å². The monoisotopic (exact) mass is 329 g/mol. The molecular weight excluding hydrogens is 313 g/mol. The number of benzene rings is 1. The fourth-order valence-corrected chi connectivity index (χ4v) is 3.01. The normalized spacial score (nSPS) is 10.6. The summed E-state index contributed by atoms with van der Waals surface area (Å²) in [5.41, 5.74) is 1.26. The second-order valence-electron chi connectivity index (χ2n) is 5.13. The number of thiophene rings is 1. The SMILES string of the molecule is Cc1ccsc1CN(C)c1nccc(Oc2ccc(F)cc2)n1. The first-order valence-electron chi connectivity index (χ1n) is 7.12. The van der Waals surface area contributed by atoms with Gasteiger partial charge in [0.2, 0.25) is 11.8 Å². The highest BCUT2D eigenvalue weighted by Gasteiger charge is 2.10. The predicted molar refractivity (Wildman–Crippen MR) is 89.7 cm³/mol. The van der Waals surface area contributed by atoms with Crippen molar-refractivity contribution in [3.05, 3.63) is 64.2 Å². The van der Waals surface area contributed by atoms with Crippen LogP contribution >= 0.6 is 11.3 Å². The lowest BCUT2D eigenvalue weighted by molar-refractivity contribution is 0.459. The molecule has 0 amide bonds. The molecule has 0 aliphatic rings. The number of hydrogen-bond donors (Lipinski definition) is 0. The maximum Gasteiger partial charge on any atom is 0.228 e. The average Bonchev–Trinajstić information content (AvgIpc) is 2.95. The Labute approximate surface area is 138 Å². The van der Waals surface area contributed by atoms with Crippen LogP contribution in [0.4, 0.5) is 10.3 Å². The van der Waals surface area contributed by atoms with Crippen LogP contribution in [0.5, 0.6) is 11.6 Å². The molecule has 0 aliphatic carbocycles.